The van der Waals surface area contributed by atoms with Gasteiger partial charge in [0.25, 0.3) is 5.91 Å². The van der Waals surface area contributed by atoms with E-state index in [1.165, 1.54) is 29.7 Å². The number of thioether (sulfide) groups is 1. The van der Waals surface area contributed by atoms with E-state index in [4.69, 9.17) is 9.47 Å². The predicted octanol–water partition coefficient (Wildman–Crippen LogP) is 4.11. The van der Waals surface area contributed by atoms with Gasteiger partial charge in [-0.25, -0.2) is 9.78 Å². The van der Waals surface area contributed by atoms with Crippen LogP contribution in [0.15, 0.2) is 90.1 Å². The molecule has 10 nitrogen and oxygen atoms in total. The number of hydrogen-bond donors (Lipinski definition) is 3. The van der Waals surface area contributed by atoms with Gasteiger partial charge in [-0.2, -0.15) is 0 Å². The lowest BCUT2D eigenvalue weighted by molar-refractivity contribution is -0.152. The van der Waals surface area contributed by atoms with Crippen molar-refractivity contribution in [1.82, 2.24) is 14.9 Å². The van der Waals surface area contributed by atoms with Crippen molar-refractivity contribution in [2.45, 2.75) is 24.4 Å². The van der Waals surface area contributed by atoms with E-state index in [0.29, 0.717) is 28.3 Å². The average molecular weight is 571 g/mol. The number of nitrogens with one attached hydrogen (secondary N) is 2. The second kappa shape index (κ2) is 11.0. The molecule has 2 aliphatic heterocycles. The van der Waals surface area contributed by atoms with Crippen LogP contribution in [0.3, 0.4) is 0 Å². The fraction of sp³-hybridized carbons (Fsp3) is 0.200. The number of aromatic hydroxyl groups is 1. The molecule has 3 heterocycles. The minimum Gasteiger partial charge on any atom is -0.508 e. The molecule has 208 valence electrons. The Morgan fingerprint density at radius 1 is 1.10 bits per heavy atom. The zero-order valence-electron chi connectivity index (χ0n) is 21.9. The number of ether oxygens (including phenoxy) is 2. The van der Waals surface area contributed by atoms with Crippen molar-refractivity contribution in [3.8, 4) is 5.75 Å². The predicted molar refractivity (Wildman–Crippen MR) is 153 cm³/mol. The zero-order chi connectivity index (χ0) is 28.5. The van der Waals surface area contributed by atoms with Crippen LogP contribution in [0, 0.1) is 0 Å². The number of β-lactam (4-membered cyclic amide) rings is 1. The highest BCUT2D eigenvalue weighted by Gasteiger charge is 2.54. The second-order valence-electron chi connectivity index (χ2n) is 9.66. The van der Waals surface area contributed by atoms with Crippen molar-refractivity contribution in [1.29, 1.82) is 0 Å². The summed E-state index contributed by atoms with van der Waals surface area (Å²) in [6.45, 7) is 1.16. The van der Waals surface area contributed by atoms with Gasteiger partial charge in [-0.1, -0.05) is 60.7 Å². The summed E-state index contributed by atoms with van der Waals surface area (Å²) < 4.78 is 11.3. The Bertz CT molecular complexity index is 1620. The molecule has 0 aliphatic carbocycles. The number of rotatable bonds is 8. The molecule has 1 fully saturated rings. The molecule has 0 bridgehead atoms. The Balaban J connectivity index is 1.29. The van der Waals surface area contributed by atoms with Gasteiger partial charge in [-0.3, -0.25) is 14.5 Å². The number of carbonyl (C=O) groups is 3. The molecule has 3 aromatic carbocycles. The maximum Gasteiger partial charge on any atom is 0.356 e. The standard InChI is InChI=1S/C30H26N4O6S/c1-17(35)39-15-20-16-41-28-24(33-30-31-22-13-12-21(36)14-23(22)32-30)27(37)34(28)25(20)29(38)40-26(18-8-4-2-5-9-18)19-10-6-3-7-11-19/h2-14,24,26,28,36H,15-16H2,1H3,(H2,31,32,33)/t24-,28?/m1/s1. The van der Waals surface area contributed by atoms with E-state index in [1.54, 1.807) is 12.1 Å². The summed E-state index contributed by atoms with van der Waals surface area (Å²) in [5.41, 5.74) is 3.39. The van der Waals surface area contributed by atoms with Gasteiger partial charge >= 0.3 is 11.9 Å². The van der Waals surface area contributed by atoms with Gasteiger partial charge < -0.3 is 24.9 Å². The molecule has 6 rings (SSSR count). The van der Waals surface area contributed by atoms with Crippen LogP contribution >= 0.6 is 11.8 Å². The molecule has 2 atom stereocenters. The van der Waals surface area contributed by atoms with Crippen LogP contribution in [0.4, 0.5) is 5.95 Å². The number of esters is 2. The van der Waals surface area contributed by atoms with E-state index >= 15 is 0 Å². The molecular weight excluding hydrogens is 544 g/mol. The monoisotopic (exact) mass is 570 g/mol. The van der Waals surface area contributed by atoms with Gasteiger partial charge in [0.05, 0.1) is 11.0 Å². The Morgan fingerprint density at radius 3 is 2.44 bits per heavy atom. The first-order valence-corrected chi connectivity index (χ1v) is 14.0. The van der Waals surface area contributed by atoms with Crippen LogP contribution in [0.5, 0.6) is 5.75 Å². The highest BCUT2D eigenvalue weighted by molar-refractivity contribution is 8.00. The molecule has 0 spiro atoms. The van der Waals surface area contributed by atoms with Crippen LogP contribution in [0.1, 0.15) is 24.2 Å². The van der Waals surface area contributed by atoms with Crippen molar-refractivity contribution in [2.75, 3.05) is 17.7 Å². The number of H-pyrrole nitrogens is 1. The third kappa shape index (κ3) is 5.23. The Morgan fingerprint density at radius 2 is 1.78 bits per heavy atom. The number of benzene rings is 3. The number of anilines is 1. The zero-order valence-corrected chi connectivity index (χ0v) is 22.8. The van der Waals surface area contributed by atoms with E-state index < -0.39 is 29.5 Å². The summed E-state index contributed by atoms with van der Waals surface area (Å²) in [7, 11) is 0. The summed E-state index contributed by atoms with van der Waals surface area (Å²) >= 11 is 1.45. The maximum atomic E-state index is 13.9. The van der Waals surface area contributed by atoms with E-state index in [1.807, 2.05) is 60.7 Å². The number of aromatic amines is 1. The molecule has 1 saturated heterocycles. The first-order chi connectivity index (χ1) is 19.9. The molecule has 0 saturated carbocycles. The van der Waals surface area contributed by atoms with Crippen LogP contribution in [-0.4, -0.2) is 61.6 Å². The molecular formula is C30H26N4O6S. The molecule has 1 aromatic heterocycles. The lowest BCUT2D eigenvalue weighted by Gasteiger charge is -2.49. The summed E-state index contributed by atoms with van der Waals surface area (Å²) in [6, 6.07) is 22.8. The van der Waals surface area contributed by atoms with Crippen molar-refractivity contribution in [3.63, 3.8) is 0 Å². The number of amides is 1. The third-order valence-electron chi connectivity index (χ3n) is 6.88. The number of phenolic OH excluding ortho intramolecular Hbond substituents is 1. The minimum absolute atomic E-state index is 0.0874. The Hall–Kier alpha value is -4.77. The quantitative estimate of drug-likeness (QED) is 0.211. The minimum atomic E-state index is -0.710. The van der Waals surface area contributed by atoms with Gasteiger partial charge in [0.1, 0.15) is 29.5 Å². The second-order valence-corrected chi connectivity index (χ2v) is 10.8. The summed E-state index contributed by atoms with van der Waals surface area (Å²) in [4.78, 5) is 47.9. The molecule has 3 N–H and O–H groups in total. The van der Waals surface area contributed by atoms with Crippen LogP contribution < -0.4 is 5.32 Å². The largest absolute Gasteiger partial charge is 0.508 e. The van der Waals surface area contributed by atoms with Gasteiger partial charge in [0, 0.05) is 24.3 Å². The van der Waals surface area contributed by atoms with Crippen molar-refractivity contribution in [2.24, 2.45) is 0 Å². The van der Waals surface area contributed by atoms with Crippen LogP contribution in [-0.2, 0) is 23.9 Å². The van der Waals surface area contributed by atoms with Crippen molar-refractivity contribution < 1.29 is 29.0 Å². The number of carbonyl (C=O) groups excluding carboxylic acids is 3. The molecule has 1 unspecified atom stereocenters. The van der Waals surface area contributed by atoms with Crippen LogP contribution in [0.25, 0.3) is 11.0 Å². The number of phenols is 1. The normalized spacial score (nSPS) is 18.2. The molecule has 11 heteroatoms. The molecule has 2 aliphatic rings. The van der Waals surface area contributed by atoms with E-state index in [2.05, 4.69) is 15.3 Å². The van der Waals surface area contributed by atoms with Crippen LogP contribution in [0.2, 0.25) is 0 Å². The Labute approximate surface area is 239 Å². The summed E-state index contributed by atoms with van der Waals surface area (Å²) in [6.07, 6.45) is -0.710. The SMILES string of the molecule is CC(=O)OCC1=C(C(=O)OC(c2ccccc2)c2ccccc2)N2C(=O)[C@@H](Nc3nc4ccc(O)cc4[nH]3)C2SC1. The first-order valence-electron chi connectivity index (χ1n) is 13.0. The van der Waals surface area contributed by atoms with Gasteiger partial charge in [0.15, 0.2) is 6.10 Å². The topological polar surface area (TPSA) is 134 Å². The summed E-state index contributed by atoms with van der Waals surface area (Å²) in [5.74, 6) is -0.681. The van der Waals surface area contributed by atoms with E-state index in [-0.39, 0.29) is 24.0 Å². The van der Waals surface area contributed by atoms with E-state index in [0.717, 1.165) is 11.1 Å². The van der Waals surface area contributed by atoms with Gasteiger partial charge in [-0.05, 0) is 23.3 Å². The molecule has 0 radical (unpaired) electrons. The van der Waals surface area contributed by atoms with Gasteiger partial charge in [0.2, 0.25) is 5.95 Å². The first kappa shape index (κ1) is 26.5. The molecule has 4 aromatic rings. The smallest absolute Gasteiger partial charge is 0.356 e. The number of hydrogen-bond acceptors (Lipinski definition) is 9. The van der Waals surface area contributed by atoms with Gasteiger partial charge in [-0.15, -0.1) is 11.8 Å². The lowest BCUT2D eigenvalue weighted by Crippen LogP contribution is -2.68. The van der Waals surface area contributed by atoms with Crippen molar-refractivity contribution in [3.05, 3.63) is 101 Å². The maximum absolute atomic E-state index is 13.9. The number of aromatic nitrogens is 2. The fourth-order valence-electron chi connectivity index (χ4n) is 4.93. The number of fused-ring (bicyclic) bond motifs is 2. The van der Waals surface area contributed by atoms with Crippen molar-refractivity contribution >= 4 is 46.6 Å². The average Bonchev–Trinajstić information content (AvgIpc) is 3.39. The number of imidazole rings is 1. The molecule has 1 amide bonds. The highest BCUT2D eigenvalue weighted by Crippen LogP contribution is 2.42. The third-order valence-corrected chi connectivity index (χ3v) is 8.22. The lowest BCUT2D eigenvalue weighted by atomic mass is 10.0. The number of nitrogens with zero attached hydrogens (tertiary/aromatic N) is 2. The van der Waals surface area contributed by atoms with E-state index in [9.17, 15) is 19.5 Å². The summed E-state index contributed by atoms with van der Waals surface area (Å²) in [5, 5.41) is 12.5. The fourth-order valence-corrected chi connectivity index (χ4v) is 6.26. The highest BCUT2D eigenvalue weighted by atomic mass is 32.2. The molecule has 41 heavy (non-hydrogen) atoms. The Kier molecular flexibility index (Phi) is 7.10.